The Bertz CT molecular complexity index is 59.5. The molecule has 0 saturated carbocycles. The van der Waals surface area contributed by atoms with Gasteiger partial charge in [-0.1, -0.05) is 0 Å². The molecule has 8 heavy (non-hydrogen) atoms. The Balaban J connectivity index is 2.06. The minimum atomic E-state index is 0.349. The van der Waals surface area contributed by atoms with Crippen molar-refractivity contribution >= 4 is 11.8 Å². The third kappa shape index (κ3) is 1.67. The summed E-state index contributed by atoms with van der Waals surface area (Å²) in [6, 6.07) is 0. The molecule has 0 aromatic heterocycles. The van der Waals surface area contributed by atoms with E-state index in [0.29, 0.717) is 12.5 Å². The van der Waals surface area contributed by atoms with Gasteiger partial charge in [0, 0.05) is 12.4 Å². The van der Waals surface area contributed by atoms with Crippen molar-refractivity contribution in [2.75, 3.05) is 12.4 Å². The van der Waals surface area contributed by atoms with E-state index in [2.05, 4.69) is 5.75 Å². The quantitative estimate of drug-likeness (QED) is 0.609. The lowest BCUT2D eigenvalue weighted by Crippen LogP contribution is -1.96. The molecule has 0 aliphatic carbocycles. The summed E-state index contributed by atoms with van der Waals surface area (Å²) in [7, 11) is 0. The third-order valence-corrected chi connectivity index (χ3v) is 2.44. The van der Waals surface area contributed by atoms with Crippen molar-refractivity contribution in [1.29, 1.82) is 0 Å². The van der Waals surface area contributed by atoms with Gasteiger partial charge in [-0.3, -0.25) is 0 Å². The van der Waals surface area contributed by atoms with Crippen molar-refractivity contribution < 1.29 is 5.11 Å². The van der Waals surface area contributed by atoms with E-state index in [9.17, 15) is 0 Å². The maximum Gasteiger partial charge on any atom is 0.0434 e. The number of aliphatic hydroxyl groups excluding tert-OH is 1. The summed E-state index contributed by atoms with van der Waals surface area (Å²) in [6.07, 6.45) is 2.23. The van der Waals surface area contributed by atoms with Crippen LogP contribution in [0.15, 0.2) is 0 Å². The molecule has 1 aliphatic heterocycles. The molecule has 1 aliphatic rings. The summed E-state index contributed by atoms with van der Waals surface area (Å²) in [5, 5.41) is 8.50. The van der Waals surface area contributed by atoms with Crippen molar-refractivity contribution in [3.05, 3.63) is 5.75 Å². The molecule has 1 nitrogen and oxygen atoms in total. The van der Waals surface area contributed by atoms with Crippen LogP contribution in [0.25, 0.3) is 0 Å². The summed E-state index contributed by atoms with van der Waals surface area (Å²) in [4.78, 5) is 0. The Labute approximate surface area is 54.5 Å². The second kappa shape index (κ2) is 3.36. The SMILES string of the molecule is OCCC1[CH]SCC1. The molecule has 0 aromatic rings. The molecular weight excluding hydrogens is 120 g/mol. The number of rotatable bonds is 2. The van der Waals surface area contributed by atoms with E-state index in [1.165, 1.54) is 12.2 Å². The minimum Gasteiger partial charge on any atom is -0.396 e. The molecule has 1 heterocycles. The fourth-order valence-corrected chi connectivity index (χ4v) is 1.99. The Hall–Kier alpha value is 0.310. The maximum atomic E-state index is 8.50. The highest BCUT2D eigenvalue weighted by Gasteiger charge is 2.14. The normalized spacial score (nSPS) is 28.9. The number of thioether (sulfide) groups is 1. The van der Waals surface area contributed by atoms with E-state index in [1.54, 1.807) is 0 Å². The molecule has 1 N–H and O–H groups in total. The molecule has 0 bridgehead atoms. The lowest BCUT2D eigenvalue weighted by molar-refractivity contribution is 0.268. The number of hydrogen-bond donors (Lipinski definition) is 1. The monoisotopic (exact) mass is 131 g/mol. The van der Waals surface area contributed by atoms with Crippen molar-refractivity contribution in [3.8, 4) is 0 Å². The molecule has 0 aromatic carbocycles. The van der Waals surface area contributed by atoms with Crippen LogP contribution in [0.3, 0.4) is 0 Å². The van der Waals surface area contributed by atoms with Gasteiger partial charge in [-0.25, -0.2) is 0 Å². The van der Waals surface area contributed by atoms with E-state index in [1.807, 2.05) is 11.8 Å². The zero-order chi connectivity index (χ0) is 5.82. The second-order valence-electron chi connectivity index (χ2n) is 2.07. The van der Waals surface area contributed by atoms with Crippen molar-refractivity contribution in [2.45, 2.75) is 12.8 Å². The van der Waals surface area contributed by atoms with Gasteiger partial charge in [-0.15, -0.1) is 0 Å². The molecule has 1 saturated heterocycles. The van der Waals surface area contributed by atoms with E-state index in [4.69, 9.17) is 5.11 Å². The fourth-order valence-electron chi connectivity index (χ4n) is 0.870. The van der Waals surface area contributed by atoms with Crippen LogP contribution in [0.2, 0.25) is 0 Å². The van der Waals surface area contributed by atoms with Crippen LogP contribution in [0.1, 0.15) is 12.8 Å². The average Bonchev–Trinajstić information content (AvgIpc) is 2.19. The summed E-state index contributed by atoms with van der Waals surface area (Å²) in [5.41, 5.74) is 0. The van der Waals surface area contributed by atoms with Gasteiger partial charge in [0.2, 0.25) is 0 Å². The summed E-state index contributed by atoms with van der Waals surface area (Å²) < 4.78 is 0. The van der Waals surface area contributed by atoms with Gasteiger partial charge in [0.15, 0.2) is 0 Å². The lowest BCUT2D eigenvalue weighted by Gasteiger charge is -2.01. The third-order valence-electron chi connectivity index (χ3n) is 1.40. The predicted molar refractivity (Wildman–Crippen MR) is 36.6 cm³/mol. The predicted octanol–water partition coefficient (Wildman–Crippen LogP) is 1.28. The Morgan fingerprint density at radius 2 is 2.62 bits per heavy atom. The van der Waals surface area contributed by atoms with Gasteiger partial charge in [0.1, 0.15) is 0 Å². The number of hydrogen-bond acceptors (Lipinski definition) is 2. The minimum absolute atomic E-state index is 0.349. The Morgan fingerprint density at radius 1 is 1.75 bits per heavy atom. The molecule has 1 fully saturated rings. The average molecular weight is 131 g/mol. The van der Waals surface area contributed by atoms with Crippen LogP contribution >= 0.6 is 11.8 Å². The topological polar surface area (TPSA) is 20.2 Å². The first kappa shape index (κ1) is 6.43. The largest absolute Gasteiger partial charge is 0.396 e. The summed E-state index contributed by atoms with van der Waals surface area (Å²) >= 11 is 1.89. The van der Waals surface area contributed by atoms with E-state index in [0.717, 1.165) is 6.42 Å². The van der Waals surface area contributed by atoms with E-state index < -0.39 is 0 Å². The molecule has 0 spiro atoms. The van der Waals surface area contributed by atoms with Gasteiger partial charge in [-0.05, 0) is 24.5 Å². The number of aliphatic hydroxyl groups is 1. The first-order valence-electron chi connectivity index (χ1n) is 2.99. The van der Waals surface area contributed by atoms with Crippen molar-refractivity contribution in [1.82, 2.24) is 0 Å². The second-order valence-corrected chi connectivity index (χ2v) is 3.08. The van der Waals surface area contributed by atoms with Gasteiger partial charge in [0.05, 0.1) is 0 Å². The van der Waals surface area contributed by atoms with Gasteiger partial charge < -0.3 is 5.11 Å². The summed E-state index contributed by atoms with van der Waals surface area (Å²) in [6.45, 7) is 0.349. The molecule has 0 amide bonds. The van der Waals surface area contributed by atoms with Gasteiger partial charge in [-0.2, -0.15) is 11.8 Å². The highest BCUT2D eigenvalue weighted by atomic mass is 32.2. The smallest absolute Gasteiger partial charge is 0.0434 e. The van der Waals surface area contributed by atoms with Crippen LogP contribution in [0.4, 0.5) is 0 Å². The molecule has 47 valence electrons. The van der Waals surface area contributed by atoms with Crippen LogP contribution < -0.4 is 0 Å². The van der Waals surface area contributed by atoms with Gasteiger partial charge >= 0.3 is 0 Å². The molecular formula is C6H11OS. The highest BCUT2D eigenvalue weighted by molar-refractivity contribution is 8.01. The van der Waals surface area contributed by atoms with Crippen molar-refractivity contribution in [2.24, 2.45) is 5.92 Å². The van der Waals surface area contributed by atoms with Crippen LogP contribution in [0.5, 0.6) is 0 Å². The van der Waals surface area contributed by atoms with Gasteiger partial charge in [0.25, 0.3) is 0 Å². The standard InChI is InChI=1S/C6H11OS/c7-3-1-6-2-4-8-5-6/h5-7H,1-4H2. The molecule has 1 atom stereocenters. The first-order chi connectivity index (χ1) is 3.93. The molecule has 2 heteroatoms. The first-order valence-corrected chi connectivity index (χ1v) is 4.04. The van der Waals surface area contributed by atoms with E-state index >= 15 is 0 Å². The van der Waals surface area contributed by atoms with Crippen LogP contribution in [-0.4, -0.2) is 17.5 Å². The van der Waals surface area contributed by atoms with Crippen LogP contribution in [-0.2, 0) is 0 Å². The summed E-state index contributed by atoms with van der Waals surface area (Å²) in [5.74, 6) is 4.20. The molecule has 1 radical (unpaired) electrons. The van der Waals surface area contributed by atoms with Crippen LogP contribution in [0, 0.1) is 11.7 Å². The molecule has 1 unspecified atom stereocenters. The lowest BCUT2D eigenvalue weighted by atomic mass is 10.1. The zero-order valence-corrected chi connectivity index (χ0v) is 5.66. The zero-order valence-electron chi connectivity index (χ0n) is 4.84. The maximum absolute atomic E-state index is 8.50. The Morgan fingerprint density at radius 3 is 3.12 bits per heavy atom. The van der Waals surface area contributed by atoms with Crippen molar-refractivity contribution in [3.63, 3.8) is 0 Å². The fraction of sp³-hybridized carbons (Fsp3) is 0.833. The Kier molecular flexibility index (Phi) is 2.70. The van der Waals surface area contributed by atoms with E-state index in [-0.39, 0.29) is 0 Å². The highest BCUT2D eigenvalue weighted by Crippen LogP contribution is 2.29. The molecule has 1 rings (SSSR count).